The molecule has 1 heterocycles. The summed E-state index contributed by atoms with van der Waals surface area (Å²) >= 11 is 0. The molecular weight excluding hydrogens is 136 g/mol. The number of hydrogen-bond acceptors (Lipinski definition) is 4. The maximum atomic E-state index is 10.2. The van der Waals surface area contributed by atoms with Crippen molar-refractivity contribution in [3.05, 3.63) is 0 Å². The van der Waals surface area contributed by atoms with Crippen LogP contribution in [0.5, 0.6) is 0 Å². The van der Waals surface area contributed by atoms with Gasteiger partial charge in [0, 0.05) is 6.92 Å². The third-order valence-electron chi connectivity index (χ3n) is 1.16. The Labute approximate surface area is 58.1 Å². The normalized spacial score (nSPS) is 22.9. The van der Waals surface area contributed by atoms with E-state index in [4.69, 9.17) is 0 Å². The fraction of sp³-hybridized carbons (Fsp3) is 0.667. The van der Waals surface area contributed by atoms with Gasteiger partial charge in [-0.3, -0.25) is 9.59 Å². The molecule has 0 aromatic rings. The van der Waals surface area contributed by atoms with Gasteiger partial charge in [0.1, 0.15) is 12.7 Å². The lowest BCUT2D eigenvalue weighted by Crippen LogP contribution is -2.36. The number of ether oxygens (including phenoxy) is 2. The molecule has 1 fully saturated rings. The molecule has 1 aliphatic heterocycles. The molecule has 1 atom stereocenters. The molecule has 0 N–H and O–H groups in total. The van der Waals surface area contributed by atoms with E-state index < -0.39 is 0 Å². The first-order chi connectivity index (χ1) is 4.68. The first-order valence-corrected chi connectivity index (χ1v) is 3.01. The molecule has 0 bridgehead atoms. The molecule has 56 valence electrons. The molecule has 10 heavy (non-hydrogen) atoms. The zero-order chi connectivity index (χ0) is 7.56. The van der Waals surface area contributed by atoms with E-state index in [1.807, 2.05) is 0 Å². The fourth-order valence-corrected chi connectivity index (χ4v) is 0.665. The van der Waals surface area contributed by atoms with Crippen molar-refractivity contribution in [2.75, 3.05) is 6.61 Å². The molecule has 0 aromatic heterocycles. The van der Waals surface area contributed by atoms with Gasteiger partial charge in [-0.15, -0.1) is 0 Å². The SMILES string of the molecule is CC(=O)OCC1CC(=O)O1. The van der Waals surface area contributed by atoms with E-state index in [9.17, 15) is 9.59 Å². The van der Waals surface area contributed by atoms with Gasteiger partial charge in [-0.2, -0.15) is 0 Å². The van der Waals surface area contributed by atoms with Crippen LogP contribution in [0.25, 0.3) is 0 Å². The van der Waals surface area contributed by atoms with Gasteiger partial charge in [-0.1, -0.05) is 0 Å². The van der Waals surface area contributed by atoms with Crippen LogP contribution in [0.3, 0.4) is 0 Å². The van der Waals surface area contributed by atoms with Crippen LogP contribution in [0, 0.1) is 0 Å². The average Bonchev–Trinajstić information content (AvgIpc) is 1.77. The molecule has 4 nitrogen and oxygen atoms in total. The summed E-state index contributed by atoms with van der Waals surface area (Å²) < 4.78 is 9.15. The van der Waals surface area contributed by atoms with Crippen LogP contribution in [0.2, 0.25) is 0 Å². The van der Waals surface area contributed by atoms with Crippen LogP contribution in [0.15, 0.2) is 0 Å². The van der Waals surface area contributed by atoms with Crippen LogP contribution in [0.1, 0.15) is 13.3 Å². The van der Waals surface area contributed by atoms with Gasteiger partial charge in [-0.25, -0.2) is 0 Å². The lowest BCUT2D eigenvalue weighted by Gasteiger charge is -2.24. The summed E-state index contributed by atoms with van der Waals surface area (Å²) in [5.74, 6) is -0.569. The van der Waals surface area contributed by atoms with Gasteiger partial charge in [0.05, 0.1) is 6.42 Å². The quantitative estimate of drug-likeness (QED) is 0.506. The highest BCUT2D eigenvalue weighted by atomic mass is 16.6. The standard InChI is InChI=1S/C6H8O4/c1-4(7)9-3-5-2-6(8)10-5/h5H,2-3H2,1H3. The molecule has 0 amide bonds. The van der Waals surface area contributed by atoms with Crippen molar-refractivity contribution in [2.45, 2.75) is 19.4 Å². The second kappa shape index (κ2) is 2.68. The summed E-state index contributed by atoms with van der Waals surface area (Å²) in [6, 6.07) is 0. The first kappa shape index (κ1) is 7.05. The van der Waals surface area contributed by atoms with E-state index in [-0.39, 0.29) is 24.6 Å². The Morgan fingerprint density at radius 1 is 1.90 bits per heavy atom. The smallest absolute Gasteiger partial charge is 0.310 e. The minimum Gasteiger partial charge on any atom is -0.462 e. The maximum absolute atomic E-state index is 10.2. The van der Waals surface area contributed by atoms with Crippen LogP contribution in [-0.2, 0) is 19.1 Å². The van der Waals surface area contributed by atoms with Gasteiger partial charge < -0.3 is 9.47 Å². The molecule has 0 saturated carbocycles. The molecule has 1 aliphatic rings. The Bertz CT molecular complexity index is 155. The molecule has 0 aromatic carbocycles. The third kappa shape index (κ3) is 1.72. The topological polar surface area (TPSA) is 52.6 Å². The summed E-state index contributed by atoms with van der Waals surface area (Å²) in [5, 5.41) is 0. The second-order valence-electron chi connectivity index (χ2n) is 2.12. The number of esters is 2. The van der Waals surface area contributed by atoms with Gasteiger partial charge in [0.15, 0.2) is 0 Å². The zero-order valence-corrected chi connectivity index (χ0v) is 5.62. The van der Waals surface area contributed by atoms with Crippen LogP contribution >= 0.6 is 0 Å². The van der Waals surface area contributed by atoms with Gasteiger partial charge in [-0.05, 0) is 0 Å². The minimum atomic E-state index is -0.344. The van der Waals surface area contributed by atoms with E-state index in [1.165, 1.54) is 6.92 Å². The van der Waals surface area contributed by atoms with Crippen molar-refractivity contribution in [3.63, 3.8) is 0 Å². The van der Waals surface area contributed by atoms with Crippen molar-refractivity contribution in [1.82, 2.24) is 0 Å². The van der Waals surface area contributed by atoms with Crippen LogP contribution in [-0.4, -0.2) is 24.6 Å². The Balaban J connectivity index is 2.05. The maximum Gasteiger partial charge on any atom is 0.310 e. The Hall–Kier alpha value is -1.06. The summed E-state index contributed by atoms with van der Waals surface area (Å²) in [6.07, 6.45) is 0.171. The average molecular weight is 144 g/mol. The van der Waals surface area contributed by atoms with Gasteiger partial charge in [0.2, 0.25) is 0 Å². The van der Waals surface area contributed by atoms with E-state index >= 15 is 0 Å². The number of rotatable bonds is 2. The van der Waals surface area contributed by atoms with E-state index in [0.29, 0.717) is 6.42 Å². The van der Waals surface area contributed by atoms with E-state index in [1.54, 1.807) is 0 Å². The third-order valence-corrected chi connectivity index (χ3v) is 1.16. The lowest BCUT2D eigenvalue weighted by atomic mass is 10.2. The highest BCUT2D eigenvalue weighted by molar-refractivity contribution is 5.75. The van der Waals surface area contributed by atoms with Crippen molar-refractivity contribution in [3.8, 4) is 0 Å². The monoisotopic (exact) mass is 144 g/mol. The van der Waals surface area contributed by atoms with E-state index in [2.05, 4.69) is 9.47 Å². The van der Waals surface area contributed by atoms with Gasteiger partial charge in [0.25, 0.3) is 0 Å². The lowest BCUT2D eigenvalue weighted by molar-refractivity contribution is -0.178. The first-order valence-electron chi connectivity index (χ1n) is 3.01. The Kier molecular flexibility index (Phi) is 1.89. The molecule has 4 heteroatoms. The van der Waals surface area contributed by atoms with E-state index in [0.717, 1.165) is 0 Å². The highest BCUT2D eigenvalue weighted by Gasteiger charge is 2.28. The second-order valence-corrected chi connectivity index (χ2v) is 2.12. The number of carbonyl (C=O) groups is 2. The van der Waals surface area contributed by atoms with Crippen molar-refractivity contribution >= 4 is 11.9 Å². The summed E-state index contributed by atoms with van der Waals surface area (Å²) in [5.41, 5.74) is 0. The Morgan fingerprint density at radius 3 is 2.90 bits per heavy atom. The predicted molar refractivity (Wildman–Crippen MR) is 31.1 cm³/mol. The molecule has 1 saturated heterocycles. The molecule has 0 aliphatic carbocycles. The number of cyclic esters (lactones) is 1. The largest absolute Gasteiger partial charge is 0.462 e. The predicted octanol–water partition coefficient (Wildman–Crippen LogP) is -0.135. The van der Waals surface area contributed by atoms with Crippen molar-refractivity contribution in [2.24, 2.45) is 0 Å². The zero-order valence-electron chi connectivity index (χ0n) is 5.62. The summed E-state index contributed by atoms with van der Waals surface area (Å²) in [6.45, 7) is 1.52. The fourth-order valence-electron chi connectivity index (χ4n) is 0.665. The summed E-state index contributed by atoms with van der Waals surface area (Å²) in [4.78, 5) is 20.4. The van der Waals surface area contributed by atoms with Crippen LogP contribution in [0.4, 0.5) is 0 Å². The molecule has 1 unspecified atom stereocenters. The molecule has 0 spiro atoms. The highest BCUT2D eigenvalue weighted by Crippen LogP contribution is 2.12. The van der Waals surface area contributed by atoms with Gasteiger partial charge >= 0.3 is 11.9 Å². The molecule has 1 rings (SSSR count). The molecule has 0 radical (unpaired) electrons. The molecular formula is C6H8O4. The van der Waals surface area contributed by atoms with Crippen LogP contribution < -0.4 is 0 Å². The number of carbonyl (C=O) groups excluding carboxylic acids is 2. The number of hydrogen-bond donors (Lipinski definition) is 0. The minimum absolute atomic E-state index is 0.196. The summed E-state index contributed by atoms with van der Waals surface area (Å²) in [7, 11) is 0. The Morgan fingerprint density at radius 2 is 2.50 bits per heavy atom. The van der Waals surface area contributed by atoms with Crippen molar-refractivity contribution in [1.29, 1.82) is 0 Å². The van der Waals surface area contributed by atoms with Crippen molar-refractivity contribution < 1.29 is 19.1 Å².